The molecule has 7 heteroatoms. The van der Waals surface area contributed by atoms with Crippen LogP contribution in [0.4, 0.5) is 5.13 Å². The van der Waals surface area contributed by atoms with Crippen LogP contribution in [0.3, 0.4) is 0 Å². The second-order valence-electron chi connectivity index (χ2n) is 6.50. The molecule has 0 aliphatic carbocycles. The largest absolute Gasteiger partial charge is 0.497 e. The van der Waals surface area contributed by atoms with Gasteiger partial charge in [-0.05, 0) is 17.7 Å². The number of anilines is 1. The maximum Gasteiger partial charge on any atom is 0.230 e. The molecule has 29 heavy (non-hydrogen) atoms. The third kappa shape index (κ3) is 4.20. The maximum atomic E-state index is 12.6. The fourth-order valence-electron chi connectivity index (χ4n) is 3.03. The number of carbonyl (C=O) groups excluding carboxylic acids is 1. The molecule has 0 saturated heterocycles. The van der Waals surface area contributed by atoms with Crippen molar-refractivity contribution in [2.75, 3.05) is 12.4 Å². The Labute approximate surface area is 172 Å². The number of nitrogens with one attached hydrogen (secondary N) is 1. The van der Waals surface area contributed by atoms with Crippen molar-refractivity contribution in [3.63, 3.8) is 0 Å². The molecule has 0 saturated carbocycles. The lowest BCUT2D eigenvalue weighted by Gasteiger charge is -2.04. The number of carbonyl (C=O) groups is 1. The molecule has 2 heterocycles. The van der Waals surface area contributed by atoms with Crippen LogP contribution in [0.25, 0.3) is 22.0 Å². The SMILES string of the molecule is COc1cccc(CC(=O)Nc2nc(-c3ccccc3)c(-c3nccn3C)s2)c1. The van der Waals surface area contributed by atoms with E-state index in [1.807, 2.05) is 72.4 Å². The Morgan fingerprint density at radius 3 is 2.72 bits per heavy atom. The number of ether oxygens (including phenoxy) is 1. The molecular formula is C22H20N4O2S. The average Bonchev–Trinajstić information content (AvgIpc) is 3.34. The molecule has 0 aliphatic rings. The van der Waals surface area contributed by atoms with Crippen molar-refractivity contribution in [3.05, 3.63) is 72.6 Å². The molecule has 0 aliphatic heterocycles. The van der Waals surface area contributed by atoms with Crippen LogP contribution in [0.1, 0.15) is 5.56 Å². The Hall–Kier alpha value is -3.45. The van der Waals surface area contributed by atoms with Gasteiger partial charge in [0.2, 0.25) is 5.91 Å². The number of imidazole rings is 1. The lowest BCUT2D eigenvalue weighted by molar-refractivity contribution is -0.115. The van der Waals surface area contributed by atoms with Gasteiger partial charge in [0.25, 0.3) is 0 Å². The molecule has 0 spiro atoms. The summed E-state index contributed by atoms with van der Waals surface area (Å²) in [7, 11) is 3.55. The highest BCUT2D eigenvalue weighted by atomic mass is 32.1. The number of benzene rings is 2. The van der Waals surface area contributed by atoms with Gasteiger partial charge in [0.15, 0.2) is 11.0 Å². The smallest absolute Gasteiger partial charge is 0.230 e. The molecule has 4 rings (SSSR count). The molecule has 2 aromatic heterocycles. The van der Waals surface area contributed by atoms with Crippen molar-refractivity contribution >= 4 is 22.4 Å². The maximum absolute atomic E-state index is 12.6. The van der Waals surface area contributed by atoms with Crippen LogP contribution in [0.5, 0.6) is 5.75 Å². The first-order valence-electron chi connectivity index (χ1n) is 9.11. The number of hydrogen-bond acceptors (Lipinski definition) is 5. The van der Waals surface area contributed by atoms with E-state index >= 15 is 0 Å². The van der Waals surface area contributed by atoms with E-state index in [0.29, 0.717) is 5.13 Å². The predicted octanol–water partition coefficient (Wildman–Crippen LogP) is 4.40. The zero-order valence-electron chi connectivity index (χ0n) is 16.1. The second-order valence-corrected chi connectivity index (χ2v) is 7.50. The summed E-state index contributed by atoms with van der Waals surface area (Å²) in [6.45, 7) is 0. The molecule has 1 N–H and O–H groups in total. The minimum Gasteiger partial charge on any atom is -0.497 e. The molecule has 0 unspecified atom stereocenters. The number of nitrogens with zero attached hydrogens (tertiary/aromatic N) is 3. The highest BCUT2D eigenvalue weighted by Gasteiger charge is 2.19. The van der Waals surface area contributed by atoms with Crippen LogP contribution in [-0.4, -0.2) is 27.6 Å². The Kier molecular flexibility index (Phi) is 5.39. The molecule has 6 nitrogen and oxygen atoms in total. The first-order chi connectivity index (χ1) is 14.1. The Balaban J connectivity index is 1.62. The summed E-state index contributed by atoms with van der Waals surface area (Å²) in [6, 6.07) is 17.4. The fraction of sp³-hybridized carbons (Fsp3) is 0.136. The summed E-state index contributed by atoms with van der Waals surface area (Å²) >= 11 is 1.42. The van der Waals surface area contributed by atoms with Crippen molar-refractivity contribution in [1.82, 2.24) is 14.5 Å². The summed E-state index contributed by atoms with van der Waals surface area (Å²) < 4.78 is 7.17. The second kappa shape index (κ2) is 8.28. The number of amides is 1. The minimum absolute atomic E-state index is 0.127. The van der Waals surface area contributed by atoms with Crippen LogP contribution in [0.2, 0.25) is 0 Å². The van der Waals surface area contributed by atoms with Crippen molar-refractivity contribution in [2.45, 2.75) is 6.42 Å². The molecule has 1 amide bonds. The van der Waals surface area contributed by atoms with Gasteiger partial charge in [-0.3, -0.25) is 4.79 Å². The zero-order chi connectivity index (χ0) is 20.2. The molecule has 0 atom stereocenters. The van der Waals surface area contributed by atoms with Crippen LogP contribution >= 0.6 is 11.3 Å². The van der Waals surface area contributed by atoms with Crippen molar-refractivity contribution < 1.29 is 9.53 Å². The summed E-state index contributed by atoms with van der Waals surface area (Å²) in [5.41, 5.74) is 2.67. The Bertz CT molecular complexity index is 1130. The van der Waals surface area contributed by atoms with E-state index in [1.165, 1.54) is 11.3 Å². The van der Waals surface area contributed by atoms with Gasteiger partial charge in [-0.25, -0.2) is 9.97 Å². The van der Waals surface area contributed by atoms with Gasteiger partial charge in [-0.1, -0.05) is 53.8 Å². The third-order valence-electron chi connectivity index (χ3n) is 4.44. The Morgan fingerprint density at radius 1 is 1.17 bits per heavy atom. The molecular weight excluding hydrogens is 384 g/mol. The number of aryl methyl sites for hydroxylation is 1. The van der Waals surface area contributed by atoms with Crippen molar-refractivity contribution in [1.29, 1.82) is 0 Å². The van der Waals surface area contributed by atoms with Gasteiger partial charge in [0, 0.05) is 25.0 Å². The highest BCUT2D eigenvalue weighted by molar-refractivity contribution is 7.19. The van der Waals surface area contributed by atoms with E-state index in [1.54, 1.807) is 13.3 Å². The van der Waals surface area contributed by atoms with Gasteiger partial charge in [-0.15, -0.1) is 0 Å². The van der Waals surface area contributed by atoms with Gasteiger partial charge in [-0.2, -0.15) is 0 Å². The Morgan fingerprint density at radius 2 is 2.00 bits per heavy atom. The number of thiazole rings is 1. The van der Waals surface area contributed by atoms with Gasteiger partial charge < -0.3 is 14.6 Å². The number of hydrogen-bond donors (Lipinski definition) is 1. The predicted molar refractivity (Wildman–Crippen MR) is 115 cm³/mol. The summed E-state index contributed by atoms with van der Waals surface area (Å²) in [5, 5.41) is 3.48. The molecule has 0 bridgehead atoms. The van der Waals surface area contributed by atoms with E-state index in [2.05, 4.69) is 10.3 Å². The van der Waals surface area contributed by atoms with Crippen LogP contribution in [-0.2, 0) is 18.3 Å². The standard InChI is InChI=1S/C22H20N4O2S/c1-26-12-11-23-21(26)20-19(16-8-4-3-5-9-16)25-22(29-20)24-18(27)14-15-7-6-10-17(13-15)28-2/h3-13H,14H2,1-2H3,(H,24,25,27). The first-order valence-corrected chi connectivity index (χ1v) is 9.92. The van der Waals surface area contributed by atoms with E-state index in [9.17, 15) is 4.79 Å². The van der Waals surface area contributed by atoms with Crippen LogP contribution in [0, 0.1) is 0 Å². The number of rotatable bonds is 6. The molecule has 146 valence electrons. The van der Waals surface area contributed by atoms with E-state index in [-0.39, 0.29) is 12.3 Å². The summed E-state index contributed by atoms with van der Waals surface area (Å²) in [6.07, 6.45) is 3.89. The van der Waals surface area contributed by atoms with Crippen molar-refractivity contribution in [2.24, 2.45) is 7.05 Å². The van der Waals surface area contributed by atoms with Gasteiger partial charge >= 0.3 is 0 Å². The molecule has 0 radical (unpaired) electrons. The minimum atomic E-state index is -0.127. The first kappa shape index (κ1) is 18.9. The number of aromatic nitrogens is 3. The van der Waals surface area contributed by atoms with E-state index < -0.39 is 0 Å². The van der Waals surface area contributed by atoms with Gasteiger partial charge in [0.1, 0.15) is 5.75 Å². The summed E-state index contributed by atoms with van der Waals surface area (Å²) in [4.78, 5) is 22.7. The lowest BCUT2D eigenvalue weighted by Crippen LogP contribution is -2.14. The lowest BCUT2D eigenvalue weighted by atomic mass is 10.1. The zero-order valence-corrected chi connectivity index (χ0v) is 16.9. The topological polar surface area (TPSA) is 69.0 Å². The molecule has 2 aromatic carbocycles. The molecule has 0 fully saturated rings. The number of methoxy groups -OCH3 is 1. The van der Waals surface area contributed by atoms with Crippen molar-refractivity contribution in [3.8, 4) is 27.7 Å². The average molecular weight is 404 g/mol. The van der Waals surface area contributed by atoms with Gasteiger partial charge in [0.05, 0.1) is 24.1 Å². The normalized spacial score (nSPS) is 10.7. The van der Waals surface area contributed by atoms with Crippen LogP contribution in [0.15, 0.2) is 67.0 Å². The quantitative estimate of drug-likeness (QED) is 0.517. The summed E-state index contributed by atoms with van der Waals surface area (Å²) in [5.74, 6) is 1.42. The third-order valence-corrected chi connectivity index (χ3v) is 5.41. The fourth-order valence-corrected chi connectivity index (χ4v) is 4.08. The monoisotopic (exact) mass is 404 g/mol. The highest BCUT2D eigenvalue weighted by Crippen LogP contribution is 2.38. The van der Waals surface area contributed by atoms with E-state index in [4.69, 9.17) is 9.72 Å². The molecule has 4 aromatic rings. The van der Waals surface area contributed by atoms with Crippen LogP contribution < -0.4 is 10.1 Å². The van der Waals surface area contributed by atoms with E-state index in [0.717, 1.165) is 33.3 Å².